The SMILES string of the molecule is CC(C)C[C@H](CO)Nc1nc(S[C@@H](C)c2cc(Cl)ccn2)nc2[nH]c(=O)sc12. The standard InChI is InChI=1S/C18H22ClN5O2S2/c1-9(2)6-12(8-25)21-15-14-16(24-18(26)28-14)23-17(22-15)27-10(3)13-7-11(19)4-5-20-13/h4-5,7,9-10,12,25H,6,8H2,1-3H3,(H2,21,22,23,24,26)/t10-,12+/m0/s1. The maximum absolute atomic E-state index is 11.9. The molecule has 0 spiro atoms. The smallest absolute Gasteiger partial charge is 0.306 e. The van der Waals surface area contributed by atoms with E-state index in [0.29, 0.717) is 32.3 Å². The molecule has 3 rings (SSSR count). The second kappa shape index (κ2) is 9.21. The van der Waals surface area contributed by atoms with Crippen LogP contribution < -0.4 is 10.2 Å². The second-order valence-corrected chi connectivity index (χ2v) is 9.59. The van der Waals surface area contributed by atoms with Crippen LogP contribution in [0.15, 0.2) is 28.3 Å². The van der Waals surface area contributed by atoms with Crippen LogP contribution in [0.3, 0.4) is 0 Å². The molecule has 0 aliphatic rings. The first-order chi connectivity index (χ1) is 13.4. The van der Waals surface area contributed by atoms with Crippen molar-refractivity contribution in [3.05, 3.63) is 38.7 Å². The van der Waals surface area contributed by atoms with Crippen molar-refractivity contribution in [2.45, 2.75) is 43.6 Å². The number of hydrogen-bond acceptors (Lipinski definition) is 8. The van der Waals surface area contributed by atoms with Gasteiger partial charge in [-0.2, -0.15) is 0 Å². The Kier molecular flexibility index (Phi) is 6.92. The Morgan fingerprint density at radius 1 is 1.36 bits per heavy atom. The van der Waals surface area contributed by atoms with Gasteiger partial charge in [0, 0.05) is 11.2 Å². The molecular weight excluding hydrogens is 418 g/mol. The zero-order valence-corrected chi connectivity index (χ0v) is 18.2. The Morgan fingerprint density at radius 3 is 2.82 bits per heavy atom. The van der Waals surface area contributed by atoms with E-state index in [-0.39, 0.29) is 22.8 Å². The molecule has 150 valence electrons. The Labute approximate surface area is 176 Å². The number of aliphatic hydroxyl groups excluding tert-OH is 1. The van der Waals surface area contributed by atoms with Gasteiger partial charge in [0.15, 0.2) is 16.6 Å². The molecule has 0 aromatic carbocycles. The van der Waals surface area contributed by atoms with Gasteiger partial charge in [0.25, 0.3) is 0 Å². The van der Waals surface area contributed by atoms with Crippen molar-refractivity contribution in [3.8, 4) is 0 Å². The van der Waals surface area contributed by atoms with Crippen molar-refractivity contribution in [1.29, 1.82) is 0 Å². The monoisotopic (exact) mass is 439 g/mol. The molecule has 3 heterocycles. The number of hydrogen-bond donors (Lipinski definition) is 3. The summed E-state index contributed by atoms with van der Waals surface area (Å²) in [6, 6.07) is 3.39. The molecule has 0 aliphatic carbocycles. The Balaban J connectivity index is 1.91. The van der Waals surface area contributed by atoms with Crippen LogP contribution in [0.25, 0.3) is 10.3 Å². The van der Waals surface area contributed by atoms with Crippen LogP contribution in [0.4, 0.5) is 5.82 Å². The van der Waals surface area contributed by atoms with Gasteiger partial charge in [-0.1, -0.05) is 48.5 Å². The quantitative estimate of drug-likeness (QED) is 0.358. The zero-order valence-electron chi connectivity index (χ0n) is 15.8. The van der Waals surface area contributed by atoms with Gasteiger partial charge in [0.05, 0.1) is 23.6 Å². The first-order valence-corrected chi connectivity index (χ1v) is 11.0. The predicted molar refractivity (Wildman–Crippen MR) is 116 cm³/mol. The molecule has 0 saturated carbocycles. The number of H-pyrrole nitrogens is 1. The largest absolute Gasteiger partial charge is 0.394 e. The highest BCUT2D eigenvalue weighted by Gasteiger charge is 2.18. The Bertz CT molecular complexity index is 1010. The number of aromatic nitrogens is 4. The lowest BCUT2D eigenvalue weighted by Gasteiger charge is -2.19. The summed E-state index contributed by atoms with van der Waals surface area (Å²) in [6.07, 6.45) is 2.45. The number of thiazole rings is 1. The molecule has 0 radical (unpaired) electrons. The van der Waals surface area contributed by atoms with E-state index in [1.807, 2.05) is 13.0 Å². The minimum absolute atomic E-state index is 0.0195. The molecule has 3 aromatic heterocycles. The van der Waals surface area contributed by atoms with E-state index < -0.39 is 0 Å². The summed E-state index contributed by atoms with van der Waals surface area (Å²) in [5, 5.41) is 14.1. The fourth-order valence-corrected chi connectivity index (χ4v) is 4.53. The second-order valence-electron chi connectivity index (χ2n) is 6.86. The number of aliphatic hydroxyl groups is 1. The number of nitrogens with zero attached hydrogens (tertiary/aromatic N) is 3. The number of pyridine rings is 1. The summed E-state index contributed by atoms with van der Waals surface area (Å²) in [5.74, 6) is 0.969. The average Bonchev–Trinajstić information content (AvgIpc) is 3.01. The molecule has 0 fully saturated rings. The molecule has 0 bridgehead atoms. The summed E-state index contributed by atoms with van der Waals surface area (Å²) in [7, 11) is 0. The van der Waals surface area contributed by atoms with Crippen LogP contribution >= 0.6 is 34.7 Å². The molecule has 3 N–H and O–H groups in total. The molecule has 0 amide bonds. The summed E-state index contributed by atoms with van der Waals surface area (Å²) >= 11 is 8.55. The number of aromatic amines is 1. The minimum atomic E-state index is -0.191. The average molecular weight is 440 g/mol. The number of rotatable bonds is 8. The molecule has 2 atom stereocenters. The predicted octanol–water partition coefficient (Wildman–Crippen LogP) is 4.10. The molecule has 3 aromatic rings. The lowest BCUT2D eigenvalue weighted by atomic mass is 10.0. The van der Waals surface area contributed by atoms with Crippen LogP contribution in [0, 0.1) is 5.92 Å². The van der Waals surface area contributed by atoms with Crippen molar-refractivity contribution in [3.63, 3.8) is 0 Å². The van der Waals surface area contributed by atoms with Crippen molar-refractivity contribution in [2.75, 3.05) is 11.9 Å². The number of halogens is 1. The molecule has 28 heavy (non-hydrogen) atoms. The summed E-state index contributed by atoms with van der Waals surface area (Å²) in [5.41, 5.74) is 1.31. The van der Waals surface area contributed by atoms with Gasteiger partial charge < -0.3 is 10.4 Å². The summed E-state index contributed by atoms with van der Waals surface area (Å²) in [6.45, 7) is 6.16. The third-order valence-corrected chi connectivity index (χ3v) is 6.12. The van der Waals surface area contributed by atoms with Crippen molar-refractivity contribution in [2.24, 2.45) is 5.92 Å². The van der Waals surface area contributed by atoms with Crippen molar-refractivity contribution in [1.82, 2.24) is 19.9 Å². The van der Waals surface area contributed by atoms with Gasteiger partial charge in [-0.05, 0) is 31.4 Å². The van der Waals surface area contributed by atoms with E-state index in [4.69, 9.17) is 11.6 Å². The highest BCUT2D eigenvalue weighted by Crippen LogP contribution is 2.35. The van der Waals surface area contributed by atoms with Crippen LogP contribution in [0.1, 0.15) is 38.1 Å². The molecule has 0 aliphatic heterocycles. The first-order valence-electron chi connectivity index (χ1n) is 8.92. The van der Waals surface area contributed by atoms with E-state index in [1.165, 1.54) is 11.8 Å². The summed E-state index contributed by atoms with van der Waals surface area (Å²) < 4.78 is 0.657. The lowest BCUT2D eigenvalue weighted by molar-refractivity contribution is 0.259. The van der Waals surface area contributed by atoms with Gasteiger partial charge in [-0.15, -0.1) is 0 Å². The fourth-order valence-electron chi connectivity index (χ4n) is 2.78. The van der Waals surface area contributed by atoms with Gasteiger partial charge in [0.2, 0.25) is 0 Å². The van der Waals surface area contributed by atoms with E-state index in [0.717, 1.165) is 23.5 Å². The molecule has 0 unspecified atom stereocenters. The van der Waals surface area contributed by atoms with Crippen LogP contribution in [0.2, 0.25) is 5.02 Å². The van der Waals surface area contributed by atoms with E-state index in [2.05, 4.69) is 39.1 Å². The molecular formula is C18H22ClN5O2S2. The van der Waals surface area contributed by atoms with Gasteiger partial charge in [-0.25, -0.2) is 9.97 Å². The highest BCUT2D eigenvalue weighted by molar-refractivity contribution is 7.99. The number of fused-ring (bicyclic) bond motifs is 1. The molecule has 10 heteroatoms. The van der Waals surface area contributed by atoms with Gasteiger partial charge in [-0.3, -0.25) is 14.8 Å². The minimum Gasteiger partial charge on any atom is -0.394 e. The third-order valence-electron chi connectivity index (χ3n) is 4.02. The first kappa shape index (κ1) is 21.0. The van der Waals surface area contributed by atoms with E-state index in [9.17, 15) is 9.90 Å². The van der Waals surface area contributed by atoms with E-state index in [1.54, 1.807) is 12.3 Å². The summed E-state index contributed by atoms with van der Waals surface area (Å²) in [4.78, 5) is 27.9. The van der Waals surface area contributed by atoms with Crippen LogP contribution in [0.5, 0.6) is 0 Å². The topological polar surface area (TPSA) is 104 Å². The van der Waals surface area contributed by atoms with Crippen LogP contribution in [-0.2, 0) is 0 Å². The van der Waals surface area contributed by atoms with Crippen molar-refractivity contribution >= 4 is 50.9 Å². The van der Waals surface area contributed by atoms with E-state index >= 15 is 0 Å². The fraction of sp³-hybridized carbons (Fsp3) is 0.444. The van der Waals surface area contributed by atoms with Crippen molar-refractivity contribution < 1.29 is 5.11 Å². The van der Waals surface area contributed by atoms with Gasteiger partial charge in [0.1, 0.15) is 4.70 Å². The Hall–Kier alpha value is -1.68. The normalized spacial score (nSPS) is 13.8. The maximum Gasteiger partial charge on any atom is 0.306 e. The van der Waals surface area contributed by atoms with Crippen LogP contribution in [-0.4, -0.2) is 37.7 Å². The molecule has 7 nitrogen and oxygen atoms in total. The van der Waals surface area contributed by atoms with Gasteiger partial charge >= 0.3 is 4.87 Å². The third kappa shape index (κ3) is 5.22. The number of thioether (sulfide) groups is 1. The number of anilines is 1. The Morgan fingerprint density at radius 2 is 2.14 bits per heavy atom. The number of nitrogens with one attached hydrogen (secondary N) is 2. The molecule has 0 saturated heterocycles. The lowest BCUT2D eigenvalue weighted by Crippen LogP contribution is -2.26. The zero-order chi connectivity index (χ0) is 20.3. The highest BCUT2D eigenvalue weighted by atomic mass is 35.5. The maximum atomic E-state index is 11.9.